The molecule has 2 amide bonds. The number of amides is 2. The van der Waals surface area contributed by atoms with Crippen molar-refractivity contribution in [3.8, 4) is 0 Å². The number of nitrogens with one attached hydrogen (secondary N) is 1. The van der Waals surface area contributed by atoms with Crippen LogP contribution in [0.3, 0.4) is 0 Å². The lowest BCUT2D eigenvalue weighted by atomic mass is 10.2. The number of aliphatic carboxylic acids is 1. The van der Waals surface area contributed by atoms with Crippen molar-refractivity contribution in [1.29, 1.82) is 0 Å². The van der Waals surface area contributed by atoms with Gasteiger partial charge < -0.3 is 15.3 Å². The van der Waals surface area contributed by atoms with E-state index < -0.39 is 12.0 Å². The zero-order chi connectivity index (χ0) is 11.4. The fraction of sp³-hybridized carbons (Fsp3) is 0.556. The van der Waals surface area contributed by atoms with Crippen LogP contribution in [0, 0.1) is 0 Å². The molecule has 2 N–H and O–H groups in total. The Bertz CT molecular complexity index is 293. The fourth-order valence-corrected chi connectivity index (χ4v) is 1.68. The van der Waals surface area contributed by atoms with Crippen LogP contribution in [0.15, 0.2) is 11.1 Å². The Morgan fingerprint density at radius 1 is 1.60 bits per heavy atom. The zero-order valence-corrected chi connectivity index (χ0v) is 9.79. The van der Waals surface area contributed by atoms with Gasteiger partial charge in [0, 0.05) is 11.0 Å². The number of carbonyl (C=O) groups excluding carboxylic acids is 1. The molecule has 1 heterocycles. The summed E-state index contributed by atoms with van der Waals surface area (Å²) in [4.78, 5) is 23.7. The molecule has 6 heteroatoms. The van der Waals surface area contributed by atoms with Crippen LogP contribution in [0.5, 0.6) is 0 Å². The van der Waals surface area contributed by atoms with Crippen molar-refractivity contribution in [2.24, 2.45) is 0 Å². The second-order valence-corrected chi connectivity index (χ2v) is 4.49. The van der Waals surface area contributed by atoms with E-state index >= 15 is 0 Å². The molecule has 0 radical (unpaired) electrons. The molecular weight excluding hydrogens is 264 g/mol. The van der Waals surface area contributed by atoms with Crippen molar-refractivity contribution < 1.29 is 14.7 Å². The number of carboxylic acids is 1. The van der Waals surface area contributed by atoms with Crippen molar-refractivity contribution in [3.63, 3.8) is 0 Å². The lowest BCUT2D eigenvalue weighted by Gasteiger charge is -2.21. The van der Waals surface area contributed by atoms with Gasteiger partial charge in [0.1, 0.15) is 6.04 Å². The third-order valence-corrected chi connectivity index (χ3v) is 2.51. The molecule has 1 unspecified atom stereocenters. The minimum absolute atomic E-state index is 0.307. The summed E-state index contributed by atoms with van der Waals surface area (Å²) in [5.74, 6) is -0.944. The number of nitrogens with zero attached hydrogens (tertiary/aromatic N) is 1. The molecule has 1 saturated heterocycles. The number of halogens is 1. The summed E-state index contributed by atoms with van der Waals surface area (Å²) >= 11 is 3.11. The second-order valence-electron chi connectivity index (χ2n) is 3.37. The lowest BCUT2D eigenvalue weighted by Crippen LogP contribution is -2.46. The predicted octanol–water partition coefficient (Wildman–Crippen LogP) is 1.15. The van der Waals surface area contributed by atoms with Crippen LogP contribution in [0.4, 0.5) is 4.79 Å². The molecule has 0 aromatic heterocycles. The van der Waals surface area contributed by atoms with E-state index in [-0.39, 0.29) is 6.03 Å². The topological polar surface area (TPSA) is 69.6 Å². The molecule has 0 aromatic rings. The lowest BCUT2D eigenvalue weighted by molar-refractivity contribution is -0.141. The molecule has 15 heavy (non-hydrogen) atoms. The number of hydrogen-bond donors (Lipinski definition) is 2. The minimum Gasteiger partial charge on any atom is -0.480 e. The number of rotatable bonds is 3. The van der Waals surface area contributed by atoms with E-state index in [9.17, 15) is 9.59 Å². The van der Waals surface area contributed by atoms with Crippen molar-refractivity contribution in [2.75, 3.05) is 13.1 Å². The van der Waals surface area contributed by atoms with Crippen LogP contribution in [0.2, 0.25) is 0 Å². The smallest absolute Gasteiger partial charge is 0.326 e. The van der Waals surface area contributed by atoms with Crippen LogP contribution in [0.25, 0.3) is 0 Å². The van der Waals surface area contributed by atoms with Crippen molar-refractivity contribution in [2.45, 2.75) is 18.9 Å². The maximum atomic E-state index is 11.6. The number of hydrogen-bond acceptors (Lipinski definition) is 2. The van der Waals surface area contributed by atoms with Crippen molar-refractivity contribution in [1.82, 2.24) is 10.2 Å². The highest BCUT2D eigenvalue weighted by atomic mass is 79.9. The summed E-state index contributed by atoms with van der Waals surface area (Å²) in [5, 5.41) is 11.4. The third kappa shape index (κ3) is 3.23. The summed E-state index contributed by atoms with van der Waals surface area (Å²) in [6, 6.07) is -1.03. The Morgan fingerprint density at radius 2 is 2.27 bits per heavy atom. The summed E-state index contributed by atoms with van der Waals surface area (Å²) in [5.41, 5.74) is 0. The van der Waals surface area contributed by atoms with Gasteiger partial charge in [-0.05, 0) is 12.8 Å². The first-order chi connectivity index (χ1) is 7.02. The molecule has 5 nitrogen and oxygen atoms in total. The molecule has 0 saturated carbocycles. The van der Waals surface area contributed by atoms with Crippen LogP contribution < -0.4 is 5.32 Å². The standard InChI is InChI=1S/C9H13BrN2O3/c1-6(10)5-11-9(15)12-4-2-3-7(12)8(13)14/h7H,1-5H2,(H,11,15)(H,13,14). The first-order valence-electron chi connectivity index (χ1n) is 4.63. The van der Waals surface area contributed by atoms with Gasteiger partial charge in [-0.1, -0.05) is 22.5 Å². The molecule has 84 valence electrons. The van der Waals surface area contributed by atoms with E-state index in [1.807, 2.05) is 0 Å². The van der Waals surface area contributed by atoms with Gasteiger partial charge >= 0.3 is 12.0 Å². The molecular formula is C9H13BrN2O3. The number of urea groups is 1. The van der Waals surface area contributed by atoms with Gasteiger partial charge in [0.2, 0.25) is 0 Å². The highest BCUT2D eigenvalue weighted by Gasteiger charge is 2.33. The van der Waals surface area contributed by atoms with Crippen LogP contribution >= 0.6 is 15.9 Å². The highest BCUT2D eigenvalue weighted by Crippen LogP contribution is 2.17. The van der Waals surface area contributed by atoms with Gasteiger partial charge in [0.15, 0.2) is 0 Å². The Balaban J connectivity index is 2.51. The Morgan fingerprint density at radius 3 is 2.80 bits per heavy atom. The van der Waals surface area contributed by atoms with Crippen LogP contribution in [0.1, 0.15) is 12.8 Å². The Hall–Kier alpha value is -1.04. The van der Waals surface area contributed by atoms with E-state index in [0.717, 1.165) is 6.42 Å². The second kappa shape index (κ2) is 5.16. The molecule has 1 fully saturated rings. The van der Waals surface area contributed by atoms with E-state index in [1.165, 1.54) is 4.90 Å². The largest absolute Gasteiger partial charge is 0.480 e. The van der Waals surface area contributed by atoms with Crippen molar-refractivity contribution >= 4 is 27.9 Å². The molecule has 1 rings (SSSR count). The van der Waals surface area contributed by atoms with Gasteiger partial charge in [-0.3, -0.25) is 0 Å². The molecule has 0 aromatic carbocycles. The van der Waals surface area contributed by atoms with Gasteiger partial charge in [-0.25, -0.2) is 9.59 Å². The Labute approximate surface area is 96.3 Å². The van der Waals surface area contributed by atoms with Gasteiger partial charge in [0.05, 0.1) is 6.54 Å². The molecule has 1 atom stereocenters. The van der Waals surface area contributed by atoms with Gasteiger partial charge in [-0.15, -0.1) is 0 Å². The van der Waals surface area contributed by atoms with Crippen LogP contribution in [-0.2, 0) is 4.79 Å². The van der Waals surface area contributed by atoms with E-state index in [1.54, 1.807) is 0 Å². The molecule has 1 aliphatic rings. The Kier molecular flexibility index (Phi) is 4.14. The number of carboxylic acid groups (broad SMARTS) is 1. The monoisotopic (exact) mass is 276 g/mol. The van der Waals surface area contributed by atoms with E-state index in [0.29, 0.717) is 24.0 Å². The first-order valence-corrected chi connectivity index (χ1v) is 5.42. The highest BCUT2D eigenvalue weighted by molar-refractivity contribution is 9.11. The maximum Gasteiger partial charge on any atom is 0.326 e. The van der Waals surface area contributed by atoms with Crippen LogP contribution in [-0.4, -0.2) is 41.1 Å². The first kappa shape index (κ1) is 12.0. The molecule has 0 bridgehead atoms. The fourth-order valence-electron chi connectivity index (χ4n) is 1.54. The predicted molar refractivity (Wildman–Crippen MR) is 58.8 cm³/mol. The molecule has 0 spiro atoms. The quantitative estimate of drug-likeness (QED) is 0.813. The third-order valence-electron chi connectivity index (χ3n) is 2.23. The normalized spacial score (nSPS) is 20.1. The number of carbonyl (C=O) groups is 2. The maximum absolute atomic E-state index is 11.6. The number of likely N-dealkylation sites (tertiary alicyclic amines) is 1. The molecule has 0 aliphatic carbocycles. The summed E-state index contributed by atoms with van der Waals surface area (Å²) < 4.78 is 0.655. The average molecular weight is 277 g/mol. The van der Waals surface area contributed by atoms with E-state index in [2.05, 4.69) is 27.8 Å². The zero-order valence-electron chi connectivity index (χ0n) is 8.20. The molecule has 1 aliphatic heterocycles. The summed E-state index contributed by atoms with van der Waals surface area (Å²) in [6.07, 6.45) is 1.26. The summed E-state index contributed by atoms with van der Waals surface area (Å²) in [6.45, 7) is 4.38. The minimum atomic E-state index is -0.944. The van der Waals surface area contributed by atoms with Gasteiger partial charge in [0.25, 0.3) is 0 Å². The van der Waals surface area contributed by atoms with Crippen molar-refractivity contribution in [3.05, 3.63) is 11.1 Å². The van der Waals surface area contributed by atoms with Gasteiger partial charge in [-0.2, -0.15) is 0 Å². The SMILES string of the molecule is C=C(Br)CNC(=O)N1CCCC1C(=O)O. The van der Waals surface area contributed by atoms with E-state index in [4.69, 9.17) is 5.11 Å². The average Bonchev–Trinajstić information content (AvgIpc) is 2.62. The summed E-state index contributed by atoms with van der Waals surface area (Å²) in [7, 11) is 0.